The van der Waals surface area contributed by atoms with Gasteiger partial charge in [0.25, 0.3) is 0 Å². The largest absolute Gasteiger partial charge is 0.469 e. The van der Waals surface area contributed by atoms with E-state index >= 15 is 0 Å². The molecular formula is C17H22ClNO4. The van der Waals surface area contributed by atoms with Gasteiger partial charge in [0.2, 0.25) is 0 Å². The molecule has 6 heteroatoms. The Morgan fingerprint density at radius 1 is 1.17 bits per heavy atom. The van der Waals surface area contributed by atoms with Crippen molar-refractivity contribution in [1.29, 1.82) is 0 Å². The van der Waals surface area contributed by atoms with Gasteiger partial charge in [-0.15, -0.1) is 12.4 Å². The number of rotatable bonds is 3. The van der Waals surface area contributed by atoms with E-state index in [1.165, 1.54) is 7.11 Å². The molecule has 1 aromatic carbocycles. The van der Waals surface area contributed by atoms with Crippen LogP contribution in [0.5, 0.6) is 0 Å². The van der Waals surface area contributed by atoms with Crippen LogP contribution in [0.2, 0.25) is 0 Å². The molecule has 0 N–H and O–H groups in total. The Hall–Kier alpha value is -1.59. The van der Waals surface area contributed by atoms with Crippen molar-refractivity contribution in [3.8, 4) is 0 Å². The number of benzene rings is 1. The third-order valence-electron chi connectivity index (χ3n) is 4.96. The number of ether oxygens (including phenoxy) is 2. The molecule has 0 spiro atoms. The van der Waals surface area contributed by atoms with Crippen molar-refractivity contribution in [2.45, 2.75) is 37.5 Å². The Labute approximate surface area is 142 Å². The smallest absolute Gasteiger partial charge is 0.338 e. The van der Waals surface area contributed by atoms with Gasteiger partial charge in [-0.05, 0) is 32.0 Å². The Bertz CT molecular complexity index is 565. The summed E-state index contributed by atoms with van der Waals surface area (Å²) in [6, 6.07) is 9.36. The van der Waals surface area contributed by atoms with Crippen molar-refractivity contribution in [2.24, 2.45) is 5.92 Å². The van der Waals surface area contributed by atoms with Gasteiger partial charge >= 0.3 is 11.9 Å². The topological polar surface area (TPSA) is 55.8 Å². The minimum absolute atomic E-state index is 0. The Kier molecular flexibility index (Phi) is 5.65. The van der Waals surface area contributed by atoms with Crippen LogP contribution in [0.15, 0.2) is 30.3 Å². The molecule has 0 aromatic heterocycles. The molecule has 2 fully saturated rings. The lowest BCUT2D eigenvalue weighted by molar-refractivity contribution is -0.156. The van der Waals surface area contributed by atoms with Gasteiger partial charge in [0.05, 0.1) is 12.7 Å². The second kappa shape index (κ2) is 7.32. The summed E-state index contributed by atoms with van der Waals surface area (Å²) in [7, 11) is 3.42. The van der Waals surface area contributed by atoms with Gasteiger partial charge in [0.1, 0.15) is 12.0 Å². The molecule has 2 saturated heterocycles. The van der Waals surface area contributed by atoms with Crippen LogP contribution < -0.4 is 0 Å². The van der Waals surface area contributed by atoms with E-state index in [0.29, 0.717) is 18.0 Å². The van der Waals surface area contributed by atoms with E-state index in [-0.39, 0.29) is 30.4 Å². The summed E-state index contributed by atoms with van der Waals surface area (Å²) < 4.78 is 10.6. The summed E-state index contributed by atoms with van der Waals surface area (Å²) in [5.41, 5.74) is 0.511. The van der Waals surface area contributed by atoms with E-state index in [0.717, 1.165) is 12.8 Å². The fourth-order valence-electron chi connectivity index (χ4n) is 3.77. The highest BCUT2D eigenvalue weighted by Gasteiger charge is 2.50. The fourth-order valence-corrected chi connectivity index (χ4v) is 3.77. The molecule has 5 nitrogen and oxygen atoms in total. The molecule has 0 saturated carbocycles. The summed E-state index contributed by atoms with van der Waals surface area (Å²) in [6.45, 7) is 0. The van der Waals surface area contributed by atoms with Crippen LogP contribution in [-0.2, 0) is 14.3 Å². The molecule has 0 amide bonds. The van der Waals surface area contributed by atoms with Gasteiger partial charge < -0.3 is 9.47 Å². The molecule has 0 aliphatic carbocycles. The summed E-state index contributed by atoms with van der Waals surface area (Å²) in [5, 5.41) is 0. The van der Waals surface area contributed by atoms with E-state index < -0.39 is 12.0 Å². The number of nitrogens with zero attached hydrogens (tertiary/aromatic N) is 1. The van der Waals surface area contributed by atoms with Gasteiger partial charge in [0, 0.05) is 18.5 Å². The average Bonchev–Trinajstić information content (AvgIpc) is 2.78. The molecule has 2 aliphatic heterocycles. The van der Waals surface area contributed by atoms with Gasteiger partial charge in [0.15, 0.2) is 0 Å². The third kappa shape index (κ3) is 3.35. The molecule has 0 unspecified atom stereocenters. The first kappa shape index (κ1) is 17.8. The maximum Gasteiger partial charge on any atom is 0.338 e. The molecule has 3 rings (SSSR count). The van der Waals surface area contributed by atoms with Crippen LogP contribution in [0.25, 0.3) is 0 Å². The summed E-state index contributed by atoms with van der Waals surface area (Å²) in [5.74, 6) is -1.06. The minimum atomic E-state index is -0.408. The van der Waals surface area contributed by atoms with Gasteiger partial charge in [-0.1, -0.05) is 18.2 Å². The first-order chi connectivity index (χ1) is 10.6. The molecule has 2 heterocycles. The fraction of sp³-hybridized carbons (Fsp3) is 0.529. The summed E-state index contributed by atoms with van der Waals surface area (Å²) >= 11 is 0. The highest BCUT2D eigenvalue weighted by molar-refractivity contribution is 5.89. The summed E-state index contributed by atoms with van der Waals surface area (Å²) in [4.78, 5) is 26.7. The van der Waals surface area contributed by atoms with Crippen LogP contribution in [-0.4, -0.2) is 49.2 Å². The second-order valence-electron chi connectivity index (χ2n) is 6.06. The highest BCUT2D eigenvalue weighted by Crippen LogP contribution is 2.40. The zero-order chi connectivity index (χ0) is 15.7. The molecule has 2 aliphatic rings. The quantitative estimate of drug-likeness (QED) is 0.791. The van der Waals surface area contributed by atoms with Crippen LogP contribution in [0.3, 0.4) is 0 Å². The molecule has 2 bridgehead atoms. The van der Waals surface area contributed by atoms with Gasteiger partial charge in [-0.25, -0.2) is 4.79 Å². The number of carbonyl (C=O) groups is 2. The molecule has 1 aromatic rings. The zero-order valence-electron chi connectivity index (χ0n) is 13.3. The van der Waals surface area contributed by atoms with E-state index in [2.05, 4.69) is 4.90 Å². The van der Waals surface area contributed by atoms with Crippen molar-refractivity contribution >= 4 is 24.3 Å². The van der Waals surface area contributed by atoms with Crippen LogP contribution in [0.4, 0.5) is 0 Å². The van der Waals surface area contributed by atoms with Crippen molar-refractivity contribution < 1.29 is 19.1 Å². The number of hydrogen-bond acceptors (Lipinski definition) is 5. The van der Waals surface area contributed by atoms with E-state index in [1.807, 2.05) is 13.1 Å². The van der Waals surface area contributed by atoms with Crippen LogP contribution in [0.1, 0.15) is 29.6 Å². The SMILES string of the molecule is COC(=O)[C@H]1[C@H](OC(=O)c2ccccc2)C[C@H]2CC[C@@H]1N2C.Cl. The van der Waals surface area contributed by atoms with Crippen LogP contribution in [0, 0.1) is 5.92 Å². The predicted molar refractivity (Wildman–Crippen MR) is 87.6 cm³/mol. The van der Waals surface area contributed by atoms with Crippen molar-refractivity contribution in [2.75, 3.05) is 14.2 Å². The standard InChI is InChI=1S/C17H21NO4.ClH/c1-18-12-8-9-13(18)15(17(20)21-2)14(10-12)22-16(19)11-6-4-3-5-7-11;/h3-7,12-15H,8-10H2,1-2H3;1H/t12-,13+,14-,15-;/m1./s1. The Balaban J connectivity index is 0.00000192. The second-order valence-corrected chi connectivity index (χ2v) is 6.06. The van der Waals surface area contributed by atoms with Crippen molar-refractivity contribution in [1.82, 2.24) is 4.90 Å². The minimum Gasteiger partial charge on any atom is -0.469 e. The van der Waals surface area contributed by atoms with Gasteiger partial charge in [-0.3, -0.25) is 9.69 Å². The molecule has 0 radical (unpaired) electrons. The van der Waals surface area contributed by atoms with Crippen molar-refractivity contribution in [3.05, 3.63) is 35.9 Å². The lowest BCUT2D eigenvalue weighted by Gasteiger charge is -2.40. The molecule has 23 heavy (non-hydrogen) atoms. The highest BCUT2D eigenvalue weighted by atomic mass is 35.5. The first-order valence-electron chi connectivity index (χ1n) is 7.67. The van der Waals surface area contributed by atoms with E-state index in [4.69, 9.17) is 9.47 Å². The Morgan fingerprint density at radius 3 is 2.52 bits per heavy atom. The number of halogens is 1. The number of hydrogen-bond donors (Lipinski definition) is 0. The number of piperidine rings is 1. The summed E-state index contributed by atoms with van der Waals surface area (Å²) in [6.07, 6.45) is 2.26. The maximum absolute atomic E-state index is 12.3. The number of fused-ring (bicyclic) bond motifs is 2. The van der Waals surface area contributed by atoms with Crippen LogP contribution >= 0.6 is 12.4 Å². The normalized spacial score (nSPS) is 29.5. The monoisotopic (exact) mass is 339 g/mol. The Morgan fingerprint density at radius 2 is 1.87 bits per heavy atom. The third-order valence-corrected chi connectivity index (χ3v) is 4.96. The number of methoxy groups -OCH3 is 1. The van der Waals surface area contributed by atoms with E-state index in [1.54, 1.807) is 24.3 Å². The average molecular weight is 340 g/mol. The lowest BCUT2D eigenvalue weighted by Crippen LogP contribution is -2.53. The molecule has 4 atom stereocenters. The first-order valence-corrected chi connectivity index (χ1v) is 7.67. The number of esters is 2. The lowest BCUT2D eigenvalue weighted by atomic mass is 9.87. The predicted octanol–water partition coefficient (Wildman–Crippen LogP) is 2.29. The van der Waals surface area contributed by atoms with Crippen molar-refractivity contribution in [3.63, 3.8) is 0 Å². The zero-order valence-corrected chi connectivity index (χ0v) is 14.1. The maximum atomic E-state index is 12.3. The molecule has 126 valence electrons. The van der Waals surface area contributed by atoms with E-state index in [9.17, 15) is 9.59 Å². The molecular weight excluding hydrogens is 318 g/mol. The van der Waals surface area contributed by atoms with Gasteiger partial charge in [-0.2, -0.15) is 0 Å². The number of carbonyl (C=O) groups excluding carboxylic acids is 2.